The number of nitrogens with zero attached hydrogens (tertiary/aromatic N) is 1. The van der Waals surface area contributed by atoms with Gasteiger partial charge in [0.15, 0.2) is 0 Å². The monoisotopic (exact) mass is 815 g/mol. The van der Waals surface area contributed by atoms with E-state index in [0.29, 0.717) is 0 Å². The Morgan fingerprint density at radius 1 is 0.266 bits per heavy atom. The van der Waals surface area contributed by atoms with Crippen LogP contribution in [0, 0.1) is 0 Å². The second-order valence-corrected chi connectivity index (χ2v) is 16.3. The van der Waals surface area contributed by atoms with Gasteiger partial charge in [0.2, 0.25) is 0 Å². The highest BCUT2D eigenvalue weighted by atomic mass is 16.3. The lowest BCUT2D eigenvalue weighted by Crippen LogP contribution is -2.10. The van der Waals surface area contributed by atoms with E-state index < -0.39 is 0 Å². The first-order chi connectivity index (χ1) is 31.8. The van der Waals surface area contributed by atoms with Crippen LogP contribution in [0.2, 0.25) is 0 Å². The Kier molecular flexibility index (Phi) is 9.20. The Bertz CT molecular complexity index is 3630. The molecule has 0 aliphatic heterocycles. The van der Waals surface area contributed by atoms with E-state index in [9.17, 15) is 0 Å². The molecule has 300 valence electrons. The number of para-hydroxylation sites is 2. The molecule has 12 rings (SSSR count). The molecule has 1 aromatic heterocycles. The molecule has 0 amide bonds. The van der Waals surface area contributed by atoms with Gasteiger partial charge in [-0.25, -0.2) is 0 Å². The minimum Gasteiger partial charge on any atom is -0.456 e. The smallest absolute Gasteiger partial charge is 0.137 e. The summed E-state index contributed by atoms with van der Waals surface area (Å²) in [4.78, 5) is 2.37. The zero-order valence-electron chi connectivity index (χ0n) is 35.0. The fraction of sp³-hybridized carbons (Fsp3) is 0. The summed E-state index contributed by atoms with van der Waals surface area (Å²) in [5, 5.41) is 6.99. The average Bonchev–Trinajstić information content (AvgIpc) is 3.75. The lowest BCUT2D eigenvalue weighted by molar-refractivity contribution is 0.669. The topological polar surface area (TPSA) is 16.4 Å². The molecule has 0 saturated heterocycles. The van der Waals surface area contributed by atoms with E-state index in [1.807, 2.05) is 12.1 Å². The highest BCUT2D eigenvalue weighted by molar-refractivity contribution is 6.23. The van der Waals surface area contributed by atoms with Crippen molar-refractivity contribution >= 4 is 60.5 Å². The fourth-order valence-corrected chi connectivity index (χ4v) is 9.92. The first-order valence-corrected chi connectivity index (χ1v) is 21.9. The average molecular weight is 816 g/mol. The van der Waals surface area contributed by atoms with E-state index in [1.165, 1.54) is 71.8 Å². The van der Waals surface area contributed by atoms with Crippen LogP contribution in [0.25, 0.3) is 99.1 Å². The second-order valence-electron chi connectivity index (χ2n) is 16.3. The molecule has 0 unspecified atom stereocenters. The van der Waals surface area contributed by atoms with E-state index >= 15 is 0 Å². The number of anilines is 3. The molecule has 0 fully saturated rings. The lowest BCUT2D eigenvalue weighted by Gasteiger charge is -2.28. The molecule has 0 radical (unpaired) electrons. The summed E-state index contributed by atoms with van der Waals surface area (Å²) >= 11 is 0. The molecule has 0 N–H and O–H groups in total. The van der Waals surface area contributed by atoms with Crippen LogP contribution in [0.3, 0.4) is 0 Å². The van der Waals surface area contributed by atoms with Crippen molar-refractivity contribution in [1.82, 2.24) is 0 Å². The van der Waals surface area contributed by atoms with E-state index in [4.69, 9.17) is 4.42 Å². The van der Waals surface area contributed by atoms with Gasteiger partial charge in [-0.3, -0.25) is 0 Å². The van der Waals surface area contributed by atoms with Crippen LogP contribution in [-0.4, -0.2) is 0 Å². The summed E-state index contributed by atoms with van der Waals surface area (Å²) in [6.07, 6.45) is 0. The molecule has 0 spiro atoms. The van der Waals surface area contributed by atoms with Gasteiger partial charge in [-0.15, -0.1) is 0 Å². The van der Waals surface area contributed by atoms with Crippen molar-refractivity contribution < 1.29 is 4.42 Å². The largest absolute Gasteiger partial charge is 0.456 e. The van der Waals surface area contributed by atoms with Crippen molar-refractivity contribution in [3.05, 3.63) is 249 Å². The van der Waals surface area contributed by atoms with Crippen LogP contribution in [0.15, 0.2) is 253 Å². The number of furan rings is 1. The third kappa shape index (κ3) is 6.27. The quantitative estimate of drug-likeness (QED) is 0.152. The van der Waals surface area contributed by atoms with Gasteiger partial charge in [-0.05, 0) is 108 Å². The van der Waals surface area contributed by atoms with Crippen LogP contribution in [-0.2, 0) is 0 Å². The standard InChI is InChI=1S/C62H41NO/c1-6-21-42(22-7-1)58-54-35-20-34-53(62(54)61(45-27-12-4-13-28-45)60(44-25-10-3-11-26-44)59(58)43-23-8-2-9-24-43)49-39-40-55(50-32-17-16-31-48(49)50)63(46-29-14-5-15-30-46)47-37-38-52-51-33-18-19-36-56(51)64-57(52)41-47/h1-41H. The van der Waals surface area contributed by atoms with Crippen molar-refractivity contribution in [1.29, 1.82) is 0 Å². The van der Waals surface area contributed by atoms with E-state index in [1.54, 1.807) is 0 Å². The summed E-state index contributed by atoms with van der Waals surface area (Å²) in [6.45, 7) is 0. The van der Waals surface area contributed by atoms with Crippen LogP contribution in [0.5, 0.6) is 0 Å². The van der Waals surface area contributed by atoms with Crippen LogP contribution < -0.4 is 4.90 Å². The summed E-state index contributed by atoms with van der Waals surface area (Å²) < 4.78 is 6.46. The third-order valence-electron chi connectivity index (χ3n) is 12.7. The minimum atomic E-state index is 0.864. The van der Waals surface area contributed by atoms with Crippen LogP contribution >= 0.6 is 0 Å². The SMILES string of the molecule is c1ccc(-c2c(-c3ccccc3)c(-c3ccccc3)c3c(-c4ccc(N(c5ccccc5)c5ccc6c(c5)oc5ccccc56)c5ccccc45)cccc3c2-c2ccccc2)cc1. The van der Waals surface area contributed by atoms with Gasteiger partial charge < -0.3 is 9.32 Å². The predicted molar refractivity (Wildman–Crippen MR) is 271 cm³/mol. The maximum absolute atomic E-state index is 6.46. The maximum Gasteiger partial charge on any atom is 0.137 e. The Morgan fingerprint density at radius 2 is 0.750 bits per heavy atom. The Morgan fingerprint density at radius 3 is 1.39 bits per heavy atom. The van der Waals surface area contributed by atoms with Crippen molar-refractivity contribution in [2.45, 2.75) is 0 Å². The van der Waals surface area contributed by atoms with Crippen molar-refractivity contribution in [2.24, 2.45) is 0 Å². The highest BCUT2D eigenvalue weighted by Crippen LogP contribution is 2.54. The van der Waals surface area contributed by atoms with Gasteiger partial charge in [0.25, 0.3) is 0 Å². The van der Waals surface area contributed by atoms with Crippen molar-refractivity contribution in [3.63, 3.8) is 0 Å². The first-order valence-electron chi connectivity index (χ1n) is 21.9. The first kappa shape index (κ1) is 37.3. The number of fused-ring (bicyclic) bond motifs is 5. The maximum atomic E-state index is 6.46. The summed E-state index contributed by atoms with van der Waals surface area (Å²) in [5.41, 5.74) is 16.9. The molecular weight excluding hydrogens is 775 g/mol. The molecular formula is C62H41NO. The molecule has 1 heterocycles. The molecule has 0 atom stereocenters. The predicted octanol–water partition coefficient (Wildman–Crippen LogP) is 17.7. The molecule has 11 aromatic carbocycles. The fourth-order valence-electron chi connectivity index (χ4n) is 9.92. The van der Waals surface area contributed by atoms with Crippen LogP contribution in [0.1, 0.15) is 0 Å². The molecule has 2 nitrogen and oxygen atoms in total. The highest BCUT2D eigenvalue weighted by Gasteiger charge is 2.27. The van der Waals surface area contributed by atoms with E-state index in [-0.39, 0.29) is 0 Å². The van der Waals surface area contributed by atoms with Crippen molar-refractivity contribution in [3.8, 4) is 55.6 Å². The zero-order chi connectivity index (χ0) is 42.4. The van der Waals surface area contributed by atoms with E-state index in [0.717, 1.165) is 44.4 Å². The number of benzene rings is 11. The van der Waals surface area contributed by atoms with Gasteiger partial charge in [-0.2, -0.15) is 0 Å². The van der Waals surface area contributed by atoms with E-state index in [2.05, 4.69) is 241 Å². The number of hydrogen-bond donors (Lipinski definition) is 0. The molecule has 64 heavy (non-hydrogen) atoms. The number of hydrogen-bond acceptors (Lipinski definition) is 2. The van der Waals surface area contributed by atoms with Gasteiger partial charge in [0.1, 0.15) is 11.2 Å². The lowest BCUT2D eigenvalue weighted by atomic mass is 9.77. The Labute approximate surface area is 372 Å². The molecule has 0 aliphatic carbocycles. The molecule has 0 aliphatic rings. The zero-order valence-corrected chi connectivity index (χ0v) is 35.0. The normalized spacial score (nSPS) is 11.4. The minimum absolute atomic E-state index is 0.864. The Hall–Kier alpha value is -8.46. The number of rotatable bonds is 8. The van der Waals surface area contributed by atoms with Gasteiger partial charge in [-0.1, -0.05) is 206 Å². The van der Waals surface area contributed by atoms with Gasteiger partial charge >= 0.3 is 0 Å². The molecule has 2 heteroatoms. The van der Waals surface area contributed by atoms with Crippen LogP contribution in [0.4, 0.5) is 17.1 Å². The molecule has 0 saturated carbocycles. The summed E-state index contributed by atoms with van der Waals surface area (Å²) in [7, 11) is 0. The molecule has 0 bridgehead atoms. The third-order valence-corrected chi connectivity index (χ3v) is 12.7. The van der Waals surface area contributed by atoms with Crippen molar-refractivity contribution in [2.75, 3.05) is 4.90 Å². The summed E-state index contributed by atoms with van der Waals surface area (Å²) in [5.74, 6) is 0. The summed E-state index contributed by atoms with van der Waals surface area (Å²) in [6, 6.07) is 89.8. The van der Waals surface area contributed by atoms with Gasteiger partial charge in [0, 0.05) is 33.6 Å². The molecule has 12 aromatic rings. The van der Waals surface area contributed by atoms with Gasteiger partial charge in [0.05, 0.1) is 5.69 Å². The Balaban J connectivity index is 1.18. The second kappa shape index (κ2) is 15.8.